The summed E-state index contributed by atoms with van der Waals surface area (Å²) in [5.74, 6) is -0.883. The van der Waals surface area contributed by atoms with Gasteiger partial charge in [-0.15, -0.1) is 0 Å². The van der Waals surface area contributed by atoms with E-state index in [-0.39, 0.29) is 35.2 Å². The van der Waals surface area contributed by atoms with Crippen LogP contribution in [0.2, 0.25) is 0 Å². The molecule has 0 amide bonds. The molecule has 0 unspecified atom stereocenters. The Hall–Kier alpha value is -4.82. The Bertz CT molecular complexity index is 2070. The van der Waals surface area contributed by atoms with Crippen LogP contribution in [0, 0.1) is 11.6 Å². The summed E-state index contributed by atoms with van der Waals surface area (Å²) >= 11 is 0. The number of halogens is 2. The zero-order chi connectivity index (χ0) is 29.6. The van der Waals surface area contributed by atoms with Crippen molar-refractivity contribution in [1.82, 2.24) is 39.8 Å². The minimum Gasteiger partial charge on any atom is -0.382 e. The monoisotopic (exact) mass is 589 g/mol. The lowest BCUT2D eigenvalue weighted by Crippen LogP contribution is -2.21. The predicted molar refractivity (Wildman–Crippen MR) is 156 cm³/mol. The zero-order valence-electron chi connectivity index (χ0n) is 22.7. The fourth-order valence-electron chi connectivity index (χ4n) is 4.69. The van der Waals surface area contributed by atoms with Crippen molar-refractivity contribution in [3.63, 3.8) is 0 Å². The standard InChI is InChI=1S/C28H25F2N9O2S/c1-14(2)35-19-9-17(11-31-12-19)24-23(30)22-21(13-33-24)38-39-27(22)28-36-20-4-5-32-25(26(20)37-28)16-6-15(7-18(29)8-16)10-34-42(3,40)41/h4-9,11-14,34-35H,10H2,1-3H3,(H,36,37)(H,38,39). The fraction of sp³-hybridized carbons (Fsp3) is 0.179. The highest BCUT2D eigenvalue weighted by atomic mass is 32.2. The van der Waals surface area contributed by atoms with Crippen molar-refractivity contribution in [3.8, 4) is 34.0 Å². The Morgan fingerprint density at radius 3 is 2.57 bits per heavy atom. The first kappa shape index (κ1) is 27.4. The van der Waals surface area contributed by atoms with Gasteiger partial charge in [0.05, 0.1) is 40.3 Å². The predicted octanol–water partition coefficient (Wildman–Crippen LogP) is 4.77. The molecule has 0 aliphatic carbocycles. The maximum absolute atomic E-state index is 16.1. The van der Waals surface area contributed by atoms with Gasteiger partial charge in [-0.3, -0.25) is 20.1 Å². The minimum absolute atomic E-state index is 0.0910. The minimum atomic E-state index is -3.48. The summed E-state index contributed by atoms with van der Waals surface area (Å²) in [6.45, 7) is 3.90. The molecule has 0 bridgehead atoms. The second-order valence-electron chi connectivity index (χ2n) is 10.1. The topological polar surface area (TPSA) is 154 Å². The van der Waals surface area contributed by atoms with Gasteiger partial charge in [0.1, 0.15) is 22.7 Å². The Balaban J connectivity index is 1.43. The van der Waals surface area contributed by atoms with E-state index in [1.807, 2.05) is 13.8 Å². The molecule has 5 heterocycles. The van der Waals surface area contributed by atoms with Crippen LogP contribution in [0.1, 0.15) is 19.4 Å². The molecule has 0 fully saturated rings. The van der Waals surface area contributed by atoms with Crippen LogP contribution in [0.4, 0.5) is 14.5 Å². The number of aromatic nitrogens is 7. The first-order chi connectivity index (χ1) is 20.1. The van der Waals surface area contributed by atoms with Gasteiger partial charge in [0.15, 0.2) is 11.6 Å². The van der Waals surface area contributed by atoms with Gasteiger partial charge in [0.25, 0.3) is 0 Å². The number of hydrogen-bond donors (Lipinski definition) is 4. The van der Waals surface area contributed by atoms with Gasteiger partial charge in [-0.1, -0.05) is 0 Å². The number of fused-ring (bicyclic) bond motifs is 2. The van der Waals surface area contributed by atoms with Crippen molar-refractivity contribution >= 4 is 37.6 Å². The Labute approximate surface area is 238 Å². The van der Waals surface area contributed by atoms with Gasteiger partial charge in [-0.2, -0.15) is 5.10 Å². The molecule has 0 atom stereocenters. The molecular formula is C28H25F2N9O2S. The first-order valence-electron chi connectivity index (χ1n) is 12.9. The highest BCUT2D eigenvalue weighted by Crippen LogP contribution is 2.34. The number of nitrogens with one attached hydrogen (secondary N) is 4. The lowest BCUT2D eigenvalue weighted by Gasteiger charge is -2.11. The SMILES string of the molecule is CC(C)Nc1cncc(-c2ncc3[nH]nc(-c4nc5c(-c6cc(F)cc(CNS(C)(=O)=O)c6)nccc5[nH]4)c3c2F)c1. The highest BCUT2D eigenvalue weighted by molar-refractivity contribution is 7.88. The fourth-order valence-corrected chi connectivity index (χ4v) is 5.12. The van der Waals surface area contributed by atoms with E-state index in [0.29, 0.717) is 38.9 Å². The van der Waals surface area contributed by atoms with Crippen molar-refractivity contribution in [2.24, 2.45) is 0 Å². The number of rotatable bonds is 8. The van der Waals surface area contributed by atoms with E-state index in [2.05, 4.69) is 45.2 Å². The molecule has 14 heteroatoms. The number of H-pyrrole nitrogens is 2. The Morgan fingerprint density at radius 1 is 0.952 bits per heavy atom. The lowest BCUT2D eigenvalue weighted by molar-refractivity contribution is 0.586. The molecule has 42 heavy (non-hydrogen) atoms. The molecule has 0 saturated heterocycles. The molecule has 1 aromatic carbocycles. The molecule has 11 nitrogen and oxygen atoms in total. The molecule has 0 spiro atoms. The normalized spacial score (nSPS) is 12.0. The third kappa shape index (κ3) is 5.41. The van der Waals surface area contributed by atoms with Gasteiger partial charge in [-0.25, -0.2) is 26.9 Å². The zero-order valence-corrected chi connectivity index (χ0v) is 23.5. The molecule has 0 aliphatic rings. The highest BCUT2D eigenvalue weighted by Gasteiger charge is 2.22. The number of anilines is 1. The van der Waals surface area contributed by atoms with E-state index >= 15 is 4.39 Å². The quantitative estimate of drug-likeness (QED) is 0.198. The number of imidazole rings is 1. The van der Waals surface area contributed by atoms with Gasteiger partial charge >= 0.3 is 0 Å². The van der Waals surface area contributed by atoms with Gasteiger partial charge in [-0.05, 0) is 49.7 Å². The number of benzene rings is 1. The number of sulfonamides is 1. The van der Waals surface area contributed by atoms with Crippen LogP contribution in [0.5, 0.6) is 0 Å². The molecule has 0 radical (unpaired) electrons. The largest absolute Gasteiger partial charge is 0.382 e. The van der Waals surface area contributed by atoms with Crippen LogP contribution in [0.15, 0.2) is 55.1 Å². The van der Waals surface area contributed by atoms with E-state index < -0.39 is 21.7 Å². The van der Waals surface area contributed by atoms with Crippen molar-refractivity contribution < 1.29 is 17.2 Å². The van der Waals surface area contributed by atoms with Crippen LogP contribution in [0.25, 0.3) is 56.0 Å². The first-order valence-corrected chi connectivity index (χ1v) is 14.8. The van der Waals surface area contributed by atoms with Gasteiger partial charge in [0.2, 0.25) is 10.0 Å². The summed E-state index contributed by atoms with van der Waals surface area (Å²) in [5.41, 5.74) is 4.09. The van der Waals surface area contributed by atoms with Crippen molar-refractivity contribution in [2.45, 2.75) is 26.4 Å². The molecule has 0 saturated carbocycles. The molecule has 6 rings (SSSR count). The van der Waals surface area contributed by atoms with E-state index in [9.17, 15) is 12.8 Å². The van der Waals surface area contributed by atoms with E-state index in [1.54, 1.807) is 30.6 Å². The molecule has 6 aromatic rings. The summed E-state index contributed by atoms with van der Waals surface area (Å²) < 4.78 is 56.0. The van der Waals surface area contributed by atoms with Crippen molar-refractivity contribution in [3.05, 3.63) is 72.3 Å². The number of hydrogen-bond acceptors (Lipinski definition) is 8. The maximum Gasteiger partial charge on any atom is 0.209 e. The molecular weight excluding hydrogens is 564 g/mol. The second-order valence-corrected chi connectivity index (χ2v) is 12.0. The smallest absolute Gasteiger partial charge is 0.209 e. The summed E-state index contributed by atoms with van der Waals surface area (Å²) in [6, 6.07) is 7.80. The Kier molecular flexibility index (Phi) is 6.86. The van der Waals surface area contributed by atoms with Crippen molar-refractivity contribution in [1.29, 1.82) is 0 Å². The van der Waals surface area contributed by atoms with E-state index in [4.69, 9.17) is 0 Å². The van der Waals surface area contributed by atoms with Crippen LogP contribution in [-0.4, -0.2) is 55.8 Å². The second kappa shape index (κ2) is 10.5. The third-order valence-electron chi connectivity index (χ3n) is 6.41. The number of aromatic amines is 2. The molecule has 214 valence electrons. The summed E-state index contributed by atoms with van der Waals surface area (Å²) in [6.07, 6.45) is 7.27. The number of pyridine rings is 3. The molecule has 4 N–H and O–H groups in total. The summed E-state index contributed by atoms with van der Waals surface area (Å²) in [7, 11) is -3.48. The summed E-state index contributed by atoms with van der Waals surface area (Å²) in [4.78, 5) is 20.8. The maximum atomic E-state index is 16.1. The average Bonchev–Trinajstić information content (AvgIpc) is 3.56. The van der Waals surface area contributed by atoms with Crippen LogP contribution in [-0.2, 0) is 16.6 Å². The Morgan fingerprint density at radius 2 is 1.79 bits per heavy atom. The van der Waals surface area contributed by atoms with Crippen LogP contribution >= 0.6 is 0 Å². The van der Waals surface area contributed by atoms with E-state index in [0.717, 1.165) is 11.9 Å². The summed E-state index contributed by atoms with van der Waals surface area (Å²) in [5, 5.41) is 10.6. The van der Waals surface area contributed by atoms with Gasteiger partial charge in [0, 0.05) is 42.3 Å². The van der Waals surface area contributed by atoms with Gasteiger partial charge < -0.3 is 10.3 Å². The van der Waals surface area contributed by atoms with Crippen LogP contribution in [0.3, 0.4) is 0 Å². The van der Waals surface area contributed by atoms with Crippen LogP contribution < -0.4 is 10.0 Å². The third-order valence-corrected chi connectivity index (χ3v) is 7.07. The lowest BCUT2D eigenvalue weighted by atomic mass is 10.1. The number of nitrogens with zero attached hydrogens (tertiary/aromatic N) is 5. The van der Waals surface area contributed by atoms with E-state index in [1.165, 1.54) is 24.5 Å². The molecule has 5 aromatic heterocycles. The molecule has 0 aliphatic heterocycles. The average molecular weight is 590 g/mol. The van der Waals surface area contributed by atoms with Crippen molar-refractivity contribution in [2.75, 3.05) is 11.6 Å².